The lowest BCUT2D eigenvalue weighted by atomic mass is 10.0. The van der Waals surface area contributed by atoms with E-state index < -0.39 is 6.36 Å². The van der Waals surface area contributed by atoms with Gasteiger partial charge in [0.25, 0.3) is 0 Å². The number of hydrogen-bond donors (Lipinski definition) is 3. The molecule has 0 spiro atoms. The van der Waals surface area contributed by atoms with Crippen molar-refractivity contribution in [1.29, 1.82) is 0 Å². The minimum atomic E-state index is -4.71. The highest BCUT2D eigenvalue weighted by Gasteiger charge is 2.30. The van der Waals surface area contributed by atoms with Gasteiger partial charge in [0.05, 0.1) is 5.01 Å². The van der Waals surface area contributed by atoms with E-state index in [0.29, 0.717) is 32.0 Å². The van der Waals surface area contributed by atoms with E-state index in [1.54, 1.807) is 23.5 Å². The van der Waals surface area contributed by atoms with Gasteiger partial charge in [-0.25, -0.2) is 4.98 Å². The number of aromatic nitrogens is 1. The van der Waals surface area contributed by atoms with Crippen LogP contribution in [0.2, 0.25) is 0 Å². The summed E-state index contributed by atoms with van der Waals surface area (Å²) in [6.45, 7) is 5.67. The predicted molar refractivity (Wildman–Crippen MR) is 127 cm³/mol. The maximum Gasteiger partial charge on any atom is 0.573 e. The highest BCUT2D eigenvalue weighted by Crippen LogP contribution is 2.23. The van der Waals surface area contributed by atoms with Crippen LogP contribution in [0.25, 0.3) is 0 Å². The summed E-state index contributed by atoms with van der Waals surface area (Å²) in [6.07, 6.45) is -1.58. The number of benzene rings is 1. The molecule has 1 atom stereocenters. The van der Waals surface area contributed by atoms with E-state index >= 15 is 0 Å². The molecular weight excluding hydrogens is 544 g/mol. The monoisotopic (exact) mass is 572 g/mol. The normalized spacial score (nSPS) is 12.8. The van der Waals surface area contributed by atoms with Crippen LogP contribution in [0.5, 0.6) is 5.75 Å². The quantitative estimate of drug-likeness (QED) is 0.229. The molecular formula is C20H28F3IN4O2S. The van der Waals surface area contributed by atoms with Gasteiger partial charge in [-0.15, -0.1) is 48.5 Å². The Bertz CT molecular complexity index is 800. The molecule has 0 bridgehead atoms. The summed E-state index contributed by atoms with van der Waals surface area (Å²) < 4.78 is 40.6. The van der Waals surface area contributed by atoms with Crippen molar-refractivity contribution in [3.8, 4) is 5.75 Å². The third kappa shape index (κ3) is 11.0. The van der Waals surface area contributed by atoms with Crippen LogP contribution < -0.4 is 15.4 Å². The Morgan fingerprint density at radius 1 is 1.26 bits per heavy atom. The number of nitrogens with zero attached hydrogens (tertiary/aromatic N) is 2. The molecule has 0 aliphatic heterocycles. The fraction of sp³-hybridized carbons (Fsp3) is 0.500. The number of hydrogen-bond acceptors (Lipinski definition) is 5. The lowest BCUT2D eigenvalue weighted by Crippen LogP contribution is -2.38. The molecule has 0 fully saturated rings. The fourth-order valence-corrected chi connectivity index (χ4v) is 3.50. The Balaban J connectivity index is 0.00000480. The van der Waals surface area contributed by atoms with Crippen molar-refractivity contribution in [2.75, 3.05) is 26.2 Å². The van der Waals surface area contributed by atoms with E-state index in [9.17, 15) is 18.3 Å². The van der Waals surface area contributed by atoms with Gasteiger partial charge in [0.2, 0.25) is 0 Å². The number of aliphatic hydroxyl groups excluding tert-OH is 1. The van der Waals surface area contributed by atoms with E-state index in [1.165, 1.54) is 17.0 Å². The average molecular weight is 572 g/mol. The number of alkyl halides is 3. The molecule has 0 aliphatic rings. The topological polar surface area (TPSA) is 78.8 Å². The number of aliphatic hydroxyl groups is 1. The molecule has 0 aliphatic carbocycles. The lowest BCUT2D eigenvalue weighted by molar-refractivity contribution is -0.274. The van der Waals surface area contributed by atoms with Gasteiger partial charge in [-0.2, -0.15) is 0 Å². The smallest absolute Gasteiger partial charge is 0.406 e. The van der Waals surface area contributed by atoms with Gasteiger partial charge in [-0.3, -0.25) is 4.99 Å². The van der Waals surface area contributed by atoms with Gasteiger partial charge in [0.1, 0.15) is 5.75 Å². The fourth-order valence-electron chi connectivity index (χ4n) is 2.71. The minimum Gasteiger partial charge on any atom is -0.406 e. The van der Waals surface area contributed by atoms with Crippen molar-refractivity contribution < 1.29 is 23.0 Å². The number of guanidine groups is 1. The number of aliphatic imine (C=N–C) groups is 1. The van der Waals surface area contributed by atoms with Crippen molar-refractivity contribution >= 4 is 41.3 Å². The first-order chi connectivity index (χ1) is 14.3. The zero-order valence-corrected chi connectivity index (χ0v) is 20.6. The number of nitrogens with one attached hydrogen (secondary N) is 2. The Morgan fingerprint density at radius 3 is 2.52 bits per heavy atom. The molecule has 0 radical (unpaired) electrons. The Hall–Kier alpha value is -1.60. The predicted octanol–water partition coefficient (Wildman–Crippen LogP) is 3.92. The van der Waals surface area contributed by atoms with Crippen molar-refractivity contribution in [3.63, 3.8) is 0 Å². The highest BCUT2D eigenvalue weighted by atomic mass is 127. The van der Waals surface area contributed by atoms with Crippen LogP contribution in [0, 0.1) is 12.8 Å². The molecule has 174 valence electrons. The first-order valence-corrected chi connectivity index (χ1v) is 10.5. The largest absolute Gasteiger partial charge is 0.573 e. The van der Waals surface area contributed by atoms with Gasteiger partial charge >= 0.3 is 6.36 Å². The standard InChI is InChI=1S/C20H27F3N4O2S.HI/c1-3-24-19(25-9-8-18-26-11-14(2)30-18)27-12-16(13-28)10-15-4-6-17(7-5-15)29-20(21,22)23;/h4-7,11,16,28H,3,8-10,12-13H2,1-2H3,(H2,24,25,27);1H. The Morgan fingerprint density at radius 2 is 1.97 bits per heavy atom. The number of ether oxygens (including phenoxy) is 1. The average Bonchev–Trinajstić information content (AvgIpc) is 3.10. The summed E-state index contributed by atoms with van der Waals surface area (Å²) in [5.74, 6) is 0.230. The van der Waals surface area contributed by atoms with Crippen LogP contribution in [-0.4, -0.2) is 48.7 Å². The first-order valence-electron chi connectivity index (χ1n) is 9.68. The molecule has 1 unspecified atom stereocenters. The van der Waals surface area contributed by atoms with Gasteiger partial charge in [0.15, 0.2) is 5.96 Å². The second-order valence-electron chi connectivity index (χ2n) is 6.71. The molecule has 2 aromatic rings. The molecule has 0 saturated carbocycles. The molecule has 1 heterocycles. The SMILES string of the molecule is CCNC(=NCC(CO)Cc1ccc(OC(F)(F)F)cc1)NCCc1ncc(C)s1.I. The Labute approximate surface area is 201 Å². The summed E-state index contributed by atoms with van der Waals surface area (Å²) in [5.41, 5.74) is 0.802. The van der Waals surface area contributed by atoms with E-state index in [1.807, 2.05) is 20.0 Å². The summed E-state index contributed by atoms with van der Waals surface area (Å²) in [6, 6.07) is 5.67. The van der Waals surface area contributed by atoms with E-state index in [-0.39, 0.29) is 42.3 Å². The number of rotatable bonds is 10. The van der Waals surface area contributed by atoms with E-state index in [0.717, 1.165) is 17.0 Å². The van der Waals surface area contributed by atoms with Gasteiger partial charge in [0, 0.05) is 49.7 Å². The molecule has 1 aromatic carbocycles. The molecule has 11 heteroatoms. The minimum absolute atomic E-state index is 0. The summed E-state index contributed by atoms with van der Waals surface area (Å²) in [5, 5.41) is 17.1. The maximum absolute atomic E-state index is 12.2. The van der Waals surface area contributed by atoms with Crippen LogP contribution in [-0.2, 0) is 12.8 Å². The van der Waals surface area contributed by atoms with Gasteiger partial charge < -0.3 is 20.5 Å². The molecule has 3 N–H and O–H groups in total. The highest BCUT2D eigenvalue weighted by molar-refractivity contribution is 14.0. The van der Waals surface area contributed by atoms with Crippen molar-refractivity contribution in [3.05, 3.63) is 45.9 Å². The third-order valence-corrected chi connectivity index (χ3v) is 5.06. The molecule has 6 nitrogen and oxygen atoms in total. The number of aryl methyl sites for hydroxylation is 1. The number of halogens is 4. The zero-order valence-electron chi connectivity index (χ0n) is 17.4. The second-order valence-corrected chi connectivity index (χ2v) is 8.02. The van der Waals surface area contributed by atoms with Crippen LogP contribution in [0.4, 0.5) is 13.2 Å². The van der Waals surface area contributed by atoms with Crippen molar-refractivity contribution in [2.45, 2.75) is 33.1 Å². The van der Waals surface area contributed by atoms with Crippen molar-refractivity contribution in [2.24, 2.45) is 10.9 Å². The Kier molecular flexibility index (Phi) is 12.2. The van der Waals surface area contributed by atoms with E-state index in [4.69, 9.17) is 0 Å². The van der Waals surface area contributed by atoms with Crippen LogP contribution in [0.1, 0.15) is 22.4 Å². The van der Waals surface area contributed by atoms with Crippen LogP contribution in [0.3, 0.4) is 0 Å². The summed E-state index contributed by atoms with van der Waals surface area (Å²) in [4.78, 5) is 10.0. The zero-order chi connectivity index (χ0) is 22.0. The van der Waals surface area contributed by atoms with E-state index in [2.05, 4.69) is 25.3 Å². The first kappa shape index (κ1) is 27.4. The van der Waals surface area contributed by atoms with Gasteiger partial charge in [-0.1, -0.05) is 12.1 Å². The van der Waals surface area contributed by atoms with Gasteiger partial charge in [-0.05, 0) is 38.0 Å². The molecule has 31 heavy (non-hydrogen) atoms. The molecule has 2 rings (SSSR count). The third-order valence-electron chi connectivity index (χ3n) is 4.09. The summed E-state index contributed by atoms with van der Waals surface area (Å²) in [7, 11) is 0. The maximum atomic E-state index is 12.2. The molecule has 1 aromatic heterocycles. The second kappa shape index (κ2) is 13.7. The van der Waals surface area contributed by atoms with Crippen LogP contribution >= 0.6 is 35.3 Å². The van der Waals surface area contributed by atoms with Crippen molar-refractivity contribution in [1.82, 2.24) is 15.6 Å². The van der Waals surface area contributed by atoms with Crippen LogP contribution in [0.15, 0.2) is 35.5 Å². The molecule has 0 amide bonds. The lowest BCUT2D eigenvalue weighted by Gasteiger charge is -2.15. The summed E-state index contributed by atoms with van der Waals surface area (Å²) >= 11 is 1.66. The molecule has 0 saturated heterocycles. The number of thiazole rings is 1.